The first-order valence-corrected chi connectivity index (χ1v) is 14.3. The van der Waals surface area contributed by atoms with Crippen molar-refractivity contribution in [1.29, 1.82) is 0 Å². The van der Waals surface area contributed by atoms with Crippen LogP contribution in [0.5, 0.6) is 28.7 Å². The smallest absolute Gasteiger partial charge is 0.239 e. The standard InChI is InChI=1S/C30H36O17/c1-40-14-6-11(4-5-13(14)45-30-26(39)24(37)21(34)18(10-32)47-30)27-28(42-3)22(35)19-15(41-2)7-12(8-16(19)44-27)43-29-25(38)23(36)20(33)17(9-31)46-29/h4-8,17-18,20-21,23-26,29-34,36-39H,9-10H2,1-3H3/t17?,18?,20-,21-,23?,24+,25+,26?,29-,30-/m1/s1. The molecular formula is C30H36O17. The summed E-state index contributed by atoms with van der Waals surface area (Å²) < 4.78 is 44.7. The summed E-state index contributed by atoms with van der Waals surface area (Å²) in [6, 6.07) is 6.92. The molecule has 4 unspecified atom stereocenters. The summed E-state index contributed by atoms with van der Waals surface area (Å²) in [5.41, 5.74) is -0.413. The highest BCUT2D eigenvalue weighted by molar-refractivity contribution is 5.88. The molecule has 2 aliphatic rings. The van der Waals surface area contributed by atoms with Gasteiger partial charge in [0, 0.05) is 17.7 Å². The van der Waals surface area contributed by atoms with E-state index in [2.05, 4.69) is 0 Å². The lowest BCUT2D eigenvalue weighted by molar-refractivity contribution is -0.277. The molecule has 8 N–H and O–H groups in total. The molecule has 2 aliphatic heterocycles. The Labute approximate surface area is 266 Å². The van der Waals surface area contributed by atoms with Crippen molar-refractivity contribution in [2.24, 2.45) is 0 Å². The fraction of sp³-hybridized carbons (Fsp3) is 0.500. The van der Waals surface area contributed by atoms with Crippen molar-refractivity contribution in [1.82, 2.24) is 0 Å². The highest BCUT2D eigenvalue weighted by Crippen LogP contribution is 2.40. The summed E-state index contributed by atoms with van der Waals surface area (Å²) in [6.45, 7) is -1.32. The zero-order chi connectivity index (χ0) is 34.2. The zero-order valence-electron chi connectivity index (χ0n) is 25.3. The zero-order valence-corrected chi connectivity index (χ0v) is 25.3. The van der Waals surface area contributed by atoms with Gasteiger partial charge in [0.25, 0.3) is 0 Å². The van der Waals surface area contributed by atoms with E-state index in [1.807, 2.05) is 0 Å². The third-order valence-corrected chi connectivity index (χ3v) is 7.93. The number of fused-ring (bicyclic) bond motifs is 1. The molecule has 0 saturated carbocycles. The quantitative estimate of drug-likeness (QED) is 0.114. The van der Waals surface area contributed by atoms with Gasteiger partial charge in [-0.25, -0.2) is 0 Å². The molecule has 0 amide bonds. The lowest BCUT2D eigenvalue weighted by Crippen LogP contribution is -2.60. The molecule has 3 aromatic rings. The first-order valence-electron chi connectivity index (χ1n) is 14.3. The SMILES string of the molecule is COc1cc(-c2oc3cc(O[C@@H]4OC(CO)[C@@H](O)C(O)[C@@H]4O)cc(OC)c3c(=O)c2OC)ccc1O[C@@H]1OC(CO)[C@@H](O)[C@H](O)C1O. The second-order valence-corrected chi connectivity index (χ2v) is 10.8. The van der Waals surface area contributed by atoms with Crippen molar-refractivity contribution in [2.45, 2.75) is 61.4 Å². The van der Waals surface area contributed by atoms with Crippen molar-refractivity contribution in [3.8, 4) is 40.1 Å². The average molecular weight is 669 g/mol. The van der Waals surface area contributed by atoms with Crippen molar-refractivity contribution in [3.05, 3.63) is 40.6 Å². The predicted molar refractivity (Wildman–Crippen MR) is 156 cm³/mol. The fourth-order valence-corrected chi connectivity index (χ4v) is 5.34. The Morgan fingerprint density at radius 3 is 1.77 bits per heavy atom. The maximum absolute atomic E-state index is 13.7. The minimum absolute atomic E-state index is 0.00143. The van der Waals surface area contributed by atoms with Crippen LogP contribution in [0.4, 0.5) is 0 Å². The van der Waals surface area contributed by atoms with Gasteiger partial charge >= 0.3 is 0 Å². The highest BCUT2D eigenvalue weighted by Gasteiger charge is 2.46. The topological polar surface area (TPSA) is 257 Å². The molecule has 0 bridgehead atoms. The first kappa shape index (κ1) is 34.6. The van der Waals surface area contributed by atoms with Gasteiger partial charge in [-0.15, -0.1) is 0 Å². The second kappa shape index (κ2) is 14.2. The molecule has 17 heteroatoms. The molecule has 3 heterocycles. The fourth-order valence-electron chi connectivity index (χ4n) is 5.34. The van der Waals surface area contributed by atoms with E-state index in [1.165, 1.54) is 51.7 Å². The van der Waals surface area contributed by atoms with E-state index in [0.29, 0.717) is 0 Å². The van der Waals surface area contributed by atoms with Crippen LogP contribution in [-0.2, 0) is 9.47 Å². The third-order valence-electron chi connectivity index (χ3n) is 7.93. The third kappa shape index (κ3) is 6.42. The first-order chi connectivity index (χ1) is 22.5. The Hall–Kier alpha value is -3.75. The van der Waals surface area contributed by atoms with Gasteiger partial charge in [-0.05, 0) is 18.2 Å². The summed E-state index contributed by atoms with van der Waals surface area (Å²) in [5, 5.41) is 80.2. The van der Waals surface area contributed by atoms with E-state index < -0.39 is 80.1 Å². The van der Waals surface area contributed by atoms with Gasteiger partial charge in [0.15, 0.2) is 17.3 Å². The number of methoxy groups -OCH3 is 3. The average Bonchev–Trinajstić information content (AvgIpc) is 3.08. The van der Waals surface area contributed by atoms with E-state index in [4.69, 9.17) is 37.6 Å². The van der Waals surface area contributed by atoms with E-state index in [9.17, 15) is 45.6 Å². The summed E-state index contributed by atoms with van der Waals surface area (Å²) in [7, 11) is 3.88. The van der Waals surface area contributed by atoms with Crippen LogP contribution in [0.25, 0.3) is 22.3 Å². The van der Waals surface area contributed by atoms with Crippen molar-refractivity contribution >= 4 is 11.0 Å². The van der Waals surface area contributed by atoms with E-state index >= 15 is 0 Å². The Morgan fingerprint density at radius 1 is 0.660 bits per heavy atom. The van der Waals surface area contributed by atoms with Gasteiger partial charge in [0.05, 0.1) is 34.5 Å². The summed E-state index contributed by atoms with van der Waals surface area (Å²) in [5.74, 6) is -0.195. The second-order valence-electron chi connectivity index (χ2n) is 10.8. The maximum atomic E-state index is 13.7. The van der Waals surface area contributed by atoms with Gasteiger partial charge in [0.1, 0.15) is 71.3 Å². The summed E-state index contributed by atoms with van der Waals surface area (Å²) in [6.07, 6.45) is -15.4. The molecule has 0 aliphatic carbocycles. The molecular weight excluding hydrogens is 632 g/mol. The van der Waals surface area contributed by atoms with Crippen molar-refractivity contribution in [3.63, 3.8) is 0 Å². The molecule has 2 aromatic carbocycles. The number of aliphatic hydroxyl groups excluding tert-OH is 8. The minimum atomic E-state index is -1.70. The van der Waals surface area contributed by atoms with Crippen LogP contribution in [0, 0.1) is 0 Å². The van der Waals surface area contributed by atoms with Gasteiger partial charge in [-0.2, -0.15) is 0 Å². The molecule has 10 atom stereocenters. The normalized spacial score (nSPS) is 31.0. The lowest BCUT2D eigenvalue weighted by atomic mass is 9.99. The molecule has 5 rings (SSSR count). The summed E-state index contributed by atoms with van der Waals surface area (Å²) >= 11 is 0. The number of rotatable bonds is 10. The van der Waals surface area contributed by atoms with Crippen LogP contribution in [0.2, 0.25) is 0 Å². The van der Waals surface area contributed by atoms with Gasteiger partial charge in [0.2, 0.25) is 23.8 Å². The Bertz CT molecular complexity index is 1610. The molecule has 0 radical (unpaired) electrons. The van der Waals surface area contributed by atoms with Gasteiger partial charge < -0.3 is 78.4 Å². The number of benzene rings is 2. The van der Waals surface area contributed by atoms with Crippen LogP contribution in [-0.4, -0.2) is 137 Å². The van der Waals surface area contributed by atoms with E-state index in [0.717, 1.165) is 0 Å². The maximum Gasteiger partial charge on any atom is 0.239 e. The number of hydrogen-bond donors (Lipinski definition) is 8. The van der Waals surface area contributed by atoms with Crippen molar-refractivity contribution in [2.75, 3.05) is 34.5 Å². The minimum Gasteiger partial charge on any atom is -0.496 e. The highest BCUT2D eigenvalue weighted by atomic mass is 16.7. The molecule has 47 heavy (non-hydrogen) atoms. The molecule has 17 nitrogen and oxygen atoms in total. The Balaban J connectivity index is 1.52. The molecule has 258 valence electrons. The molecule has 2 fully saturated rings. The van der Waals surface area contributed by atoms with Gasteiger partial charge in [-0.1, -0.05) is 0 Å². The molecule has 2 saturated heterocycles. The number of ether oxygens (including phenoxy) is 7. The predicted octanol–water partition coefficient (Wildman–Crippen LogP) is -2.16. The lowest BCUT2D eigenvalue weighted by Gasteiger charge is -2.39. The monoisotopic (exact) mass is 668 g/mol. The van der Waals surface area contributed by atoms with Crippen LogP contribution in [0.3, 0.4) is 0 Å². The summed E-state index contributed by atoms with van der Waals surface area (Å²) in [4.78, 5) is 13.7. The Kier molecular flexibility index (Phi) is 10.4. The van der Waals surface area contributed by atoms with E-state index in [-0.39, 0.29) is 51.0 Å². The Morgan fingerprint density at radius 2 is 1.23 bits per heavy atom. The van der Waals surface area contributed by atoms with Gasteiger partial charge in [-0.3, -0.25) is 4.79 Å². The largest absolute Gasteiger partial charge is 0.496 e. The molecule has 1 aromatic heterocycles. The van der Waals surface area contributed by atoms with E-state index in [1.54, 1.807) is 0 Å². The van der Waals surface area contributed by atoms with Crippen LogP contribution >= 0.6 is 0 Å². The van der Waals surface area contributed by atoms with Crippen LogP contribution in [0.1, 0.15) is 0 Å². The van der Waals surface area contributed by atoms with Crippen LogP contribution < -0.4 is 29.1 Å². The number of aliphatic hydroxyl groups is 8. The molecule has 0 spiro atoms. The van der Waals surface area contributed by atoms with Crippen molar-refractivity contribution < 1.29 is 78.4 Å². The number of hydrogen-bond acceptors (Lipinski definition) is 17. The van der Waals surface area contributed by atoms with Crippen LogP contribution in [0.15, 0.2) is 39.5 Å².